The summed E-state index contributed by atoms with van der Waals surface area (Å²) in [5.74, 6) is -0.310. The summed E-state index contributed by atoms with van der Waals surface area (Å²) < 4.78 is 16.4. The second kappa shape index (κ2) is 16.1. The van der Waals surface area contributed by atoms with E-state index in [1.54, 1.807) is 36.4 Å². The summed E-state index contributed by atoms with van der Waals surface area (Å²) in [6, 6.07) is 12.5. The molecule has 0 spiro atoms. The molecule has 1 N–H and O–H groups in total. The Bertz CT molecular complexity index is 1660. The number of rotatable bonds is 12. The number of aryl methyl sites for hydroxylation is 2. The van der Waals surface area contributed by atoms with E-state index in [0.29, 0.717) is 35.3 Å². The third-order valence-corrected chi connectivity index (χ3v) is 8.08. The largest absolute Gasteiger partial charge is 0.480 e. The van der Waals surface area contributed by atoms with Crippen LogP contribution in [-0.2, 0) is 19.1 Å². The van der Waals surface area contributed by atoms with Crippen LogP contribution in [0.2, 0.25) is 0 Å². The van der Waals surface area contributed by atoms with Gasteiger partial charge in [-0.25, -0.2) is 0 Å². The minimum absolute atomic E-state index is 0.0289. The lowest BCUT2D eigenvalue weighted by atomic mass is 10.1. The number of nitrogens with zero attached hydrogens (tertiary/aromatic N) is 5. The molecule has 0 saturated heterocycles. The topological polar surface area (TPSA) is 157 Å². The smallest absolute Gasteiger partial charge is 0.316 e. The molecule has 1 aromatic heterocycles. The summed E-state index contributed by atoms with van der Waals surface area (Å²) in [6.07, 6.45) is 3.08. The number of ether oxygens (including phenoxy) is 2. The fourth-order valence-electron chi connectivity index (χ4n) is 4.09. The van der Waals surface area contributed by atoms with Crippen molar-refractivity contribution in [2.24, 2.45) is 5.10 Å². The van der Waals surface area contributed by atoms with Crippen molar-refractivity contribution < 1.29 is 33.1 Å². The predicted molar refractivity (Wildman–Crippen MR) is 175 cm³/mol. The number of hydrazone groups is 1. The highest BCUT2D eigenvalue weighted by Crippen LogP contribution is 2.28. The average Bonchev–Trinajstić information content (AvgIpc) is 3.65. The van der Waals surface area contributed by atoms with Crippen LogP contribution in [0.5, 0.6) is 5.75 Å². The molecule has 3 aromatic rings. The molecule has 13 nitrogen and oxygen atoms in total. The maximum Gasteiger partial charge on any atom is 0.316 e. The molecular formula is C31H34N6O7S2. The van der Waals surface area contributed by atoms with E-state index in [2.05, 4.69) is 20.6 Å². The van der Waals surface area contributed by atoms with Crippen LogP contribution in [0.3, 0.4) is 0 Å². The second-order valence-corrected chi connectivity index (χ2v) is 11.9. The van der Waals surface area contributed by atoms with Crippen LogP contribution in [0.1, 0.15) is 37.8 Å². The molecule has 0 saturated carbocycles. The Labute approximate surface area is 274 Å². The lowest BCUT2D eigenvalue weighted by Gasteiger charge is -2.19. The molecule has 0 fully saturated rings. The minimum atomic E-state index is -0.724. The SMILES string of the molecule is C/C=C/COC(=O)CSc1nnc(SC(=O)N(C)C2=NN(c3cccc(NC(=O)C(CC)Oc4ccc(C)cc4C)c3)C(=O)C2)o1. The summed E-state index contributed by atoms with van der Waals surface area (Å²) >= 11 is 1.65. The van der Waals surface area contributed by atoms with Crippen LogP contribution >= 0.6 is 23.5 Å². The van der Waals surface area contributed by atoms with Crippen molar-refractivity contribution in [3.63, 3.8) is 0 Å². The molecule has 15 heteroatoms. The molecule has 1 aliphatic heterocycles. The zero-order valence-corrected chi connectivity index (χ0v) is 27.6. The lowest BCUT2D eigenvalue weighted by Crippen LogP contribution is -2.32. The van der Waals surface area contributed by atoms with Gasteiger partial charge in [0.05, 0.1) is 12.1 Å². The number of esters is 1. The van der Waals surface area contributed by atoms with Gasteiger partial charge in [-0.15, -0.1) is 5.10 Å². The highest BCUT2D eigenvalue weighted by molar-refractivity contribution is 8.13. The summed E-state index contributed by atoms with van der Waals surface area (Å²) in [5.41, 5.74) is 2.91. The first-order chi connectivity index (χ1) is 22.1. The van der Waals surface area contributed by atoms with Gasteiger partial charge in [0.15, 0.2) is 6.10 Å². The molecule has 1 atom stereocenters. The highest BCUT2D eigenvalue weighted by atomic mass is 32.2. The molecule has 0 aliphatic carbocycles. The maximum absolute atomic E-state index is 13.1. The van der Waals surface area contributed by atoms with Gasteiger partial charge >= 0.3 is 5.97 Å². The summed E-state index contributed by atoms with van der Waals surface area (Å²) in [7, 11) is 1.48. The van der Waals surface area contributed by atoms with Gasteiger partial charge in [0.2, 0.25) is 0 Å². The first kappa shape index (κ1) is 34.2. The van der Waals surface area contributed by atoms with E-state index < -0.39 is 17.3 Å². The van der Waals surface area contributed by atoms with Crippen molar-refractivity contribution in [3.05, 3.63) is 65.7 Å². The lowest BCUT2D eigenvalue weighted by molar-refractivity contribution is -0.139. The molecule has 242 valence electrons. The van der Waals surface area contributed by atoms with E-state index in [0.717, 1.165) is 22.9 Å². The van der Waals surface area contributed by atoms with E-state index in [-0.39, 0.29) is 46.9 Å². The Morgan fingerprint density at radius 3 is 2.67 bits per heavy atom. The van der Waals surface area contributed by atoms with E-state index in [1.165, 1.54) is 17.0 Å². The van der Waals surface area contributed by atoms with E-state index in [4.69, 9.17) is 13.9 Å². The Kier molecular flexibility index (Phi) is 12.0. The molecule has 2 heterocycles. The van der Waals surface area contributed by atoms with Gasteiger partial charge in [-0.1, -0.05) is 59.7 Å². The van der Waals surface area contributed by atoms with Crippen LogP contribution in [-0.4, -0.2) is 69.5 Å². The minimum Gasteiger partial charge on any atom is -0.480 e. The summed E-state index contributed by atoms with van der Waals surface area (Å²) in [6.45, 7) is 7.78. The summed E-state index contributed by atoms with van der Waals surface area (Å²) in [5, 5.41) is 15.6. The fraction of sp³-hybridized carbons (Fsp3) is 0.323. The third-order valence-electron chi connectivity index (χ3n) is 6.50. The van der Waals surface area contributed by atoms with Crippen molar-refractivity contribution in [3.8, 4) is 5.75 Å². The van der Waals surface area contributed by atoms with Crippen LogP contribution in [0.25, 0.3) is 0 Å². The van der Waals surface area contributed by atoms with Crippen molar-refractivity contribution in [1.29, 1.82) is 0 Å². The summed E-state index contributed by atoms with van der Waals surface area (Å²) in [4.78, 5) is 51.9. The molecular weight excluding hydrogens is 633 g/mol. The van der Waals surface area contributed by atoms with Gasteiger partial charge in [-0.2, -0.15) is 10.1 Å². The van der Waals surface area contributed by atoms with Crippen molar-refractivity contribution in [2.75, 3.05) is 29.7 Å². The quantitative estimate of drug-likeness (QED) is 0.146. The normalized spacial score (nSPS) is 13.5. The highest BCUT2D eigenvalue weighted by Gasteiger charge is 2.31. The maximum atomic E-state index is 13.1. The molecule has 0 radical (unpaired) electrons. The predicted octanol–water partition coefficient (Wildman–Crippen LogP) is 5.59. The number of amides is 3. The second-order valence-electron chi connectivity index (χ2n) is 10.0. The Morgan fingerprint density at radius 2 is 1.93 bits per heavy atom. The zero-order chi connectivity index (χ0) is 33.2. The van der Waals surface area contributed by atoms with Crippen molar-refractivity contribution >= 4 is 63.8 Å². The number of hydrogen-bond acceptors (Lipinski definition) is 12. The first-order valence-corrected chi connectivity index (χ1v) is 16.1. The van der Waals surface area contributed by atoms with E-state index in [1.807, 2.05) is 45.9 Å². The number of aromatic nitrogens is 2. The third kappa shape index (κ3) is 9.20. The molecule has 4 rings (SSSR count). The molecule has 0 bridgehead atoms. The van der Waals surface area contributed by atoms with Crippen LogP contribution in [0.4, 0.5) is 16.2 Å². The molecule has 1 aliphatic rings. The fourth-order valence-corrected chi connectivity index (χ4v) is 5.30. The van der Waals surface area contributed by atoms with Crippen molar-refractivity contribution in [2.45, 2.75) is 57.1 Å². The number of nitrogens with one attached hydrogen (secondary N) is 1. The van der Waals surface area contributed by atoms with Crippen molar-refractivity contribution in [1.82, 2.24) is 15.1 Å². The molecule has 2 aromatic carbocycles. The van der Waals surface area contributed by atoms with Gasteiger partial charge in [-0.05, 0) is 57.0 Å². The van der Waals surface area contributed by atoms with E-state index in [9.17, 15) is 19.2 Å². The van der Waals surface area contributed by atoms with Gasteiger partial charge in [0.25, 0.3) is 27.5 Å². The van der Waals surface area contributed by atoms with Crippen LogP contribution in [0, 0.1) is 13.8 Å². The number of carbonyl (C=O) groups excluding carboxylic acids is 4. The number of carbonyl (C=O) groups is 4. The van der Waals surface area contributed by atoms with E-state index >= 15 is 0 Å². The monoisotopic (exact) mass is 666 g/mol. The van der Waals surface area contributed by atoms with Gasteiger partial charge in [0.1, 0.15) is 23.9 Å². The molecule has 46 heavy (non-hydrogen) atoms. The van der Waals surface area contributed by atoms with Crippen LogP contribution in [0.15, 0.2) is 74.6 Å². The van der Waals surface area contributed by atoms with Crippen LogP contribution < -0.4 is 15.1 Å². The number of anilines is 2. The number of allylic oxidation sites excluding steroid dienone is 1. The first-order valence-electron chi connectivity index (χ1n) is 14.3. The Morgan fingerprint density at radius 1 is 1.15 bits per heavy atom. The number of thioether (sulfide) groups is 2. The number of hydrogen-bond donors (Lipinski definition) is 1. The zero-order valence-electron chi connectivity index (χ0n) is 26.0. The van der Waals surface area contributed by atoms with Gasteiger partial charge < -0.3 is 19.2 Å². The number of amidine groups is 1. The molecule has 1 unspecified atom stereocenters. The van der Waals surface area contributed by atoms with Gasteiger partial charge in [0, 0.05) is 24.5 Å². The Balaban J connectivity index is 1.35. The van der Waals surface area contributed by atoms with Gasteiger partial charge in [-0.3, -0.25) is 24.1 Å². The average molecular weight is 667 g/mol. The number of benzene rings is 2. The standard InChI is InChI=1S/C31H34N6O7S2/c1-6-8-14-42-27(39)18-45-29-33-34-30(44-29)46-31(41)36(5)25-17-26(38)37(35-25)22-11-9-10-21(16-22)32-28(40)23(7-2)43-24-13-12-19(3)15-20(24)4/h6,8-13,15-16,23H,7,14,17-18H2,1-5H3,(H,32,40)/b8-6+. The Hall–Kier alpha value is -4.63. The molecule has 3 amide bonds.